The Hall–Kier alpha value is -1.53. The van der Waals surface area contributed by atoms with E-state index in [1.807, 2.05) is 6.07 Å². The number of nitro groups is 1. The molecule has 2 aromatic carbocycles. The summed E-state index contributed by atoms with van der Waals surface area (Å²) < 4.78 is 0. The highest BCUT2D eigenvalue weighted by Gasteiger charge is 2.26. The van der Waals surface area contributed by atoms with E-state index < -0.39 is 9.75 Å². The lowest BCUT2D eigenvalue weighted by molar-refractivity contribution is -0.384. The molecule has 4 nitrogen and oxygen atoms in total. The van der Waals surface area contributed by atoms with E-state index in [0.717, 1.165) is 0 Å². The van der Waals surface area contributed by atoms with Crippen LogP contribution >= 0.6 is 31.9 Å². The van der Waals surface area contributed by atoms with Crippen molar-refractivity contribution in [1.82, 2.24) is 0 Å². The van der Waals surface area contributed by atoms with Gasteiger partial charge in [0.2, 0.25) is 0 Å². The molecule has 0 unspecified atom stereocenters. The van der Waals surface area contributed by atoms with E-state index in [9.17, 15) is 14.9 Å². The zero-order valence-corrected chi connectivity index (χ0v) is 14.0. The third kappa shape index (κ3) is 3.77. The number of carbonyl (C=O) groups is 1. The molecular formula is C15H11Br2NO3. The molecule has 0 aliphatic carbocycles. The Morgan fingerprint density at radius 2 is 1.71 bits per heavy atom. The number of rotatable bonds is 5. The van der Waals surface area contributed by atoms with Gasteiger partial charge in [-0.05, 0) is 5.56 Å². The van der Waals surface area contributed by atoms with Gasteiger partial charge in [-0.1, -0.05) is 74.3 Å². The molecule has 2 rings (SSSR count). The molecule has 0 heterocycles. The van der Waals surface area contributed by atoms with Crippen molar-refractivity contribution in [2.45, 2.75) is 9.65 Å². The maximum Gasteiger partial charge on any atom is 0.269 e. The highest BCUT2D eigenvalue weighted by Crippen LogP contribution is 2.34. The van der Waals surface area contributed by atoms with Gasteiger partial charge in [0.25, 0.3) is 5.69 Å². The first-order chi connectivity index (χ1) is 10.0. The van der Waals surface area contributed by atoms with E-state index in [2.05, 4.69) is 31.9 Å². The summed E-state index contributed by atoms with van der Waals surface area (Å²) in [6.07, 6.45) is 0. The monoisotopic (exact) mass is 411 g/mol. The lowest BCUT2D eigenvalue weighted by Gasteiger charge is -2.16. The average molecular weight is 413 g/mol. The Morgan fingerprint density at radius 3 is 2.33 bits per heavy atom. The van der Waals surface area contributed by atoms with Crippen LogP contribution in [0, 0.1) is 10.1 Å². The molecular weight excluding hydrogens is 402 g/mol. The Bertz CT molecular complexity index is 661. The highest BCUT2D eigenvalue weighted by molar-refractivity contribution is 9.12. The van der Waals surface area contributed by atoms with Crippen LogP contribution in [0.4, 0.5) is 5.69 Å². The summed E-state index contributed by atoms with van der Waals surface area (Å²) in [4.78, 5) is 21.9. The zero-order valence-electron chi connectivity index (χ0n) is 10.8. The van der Waals surface area contributed by atoms with Crippen molar-refractivity contribution >= 4 is 43.3 Å². The number of halogens is 2. The maximum absolute atomic E-state index is 12.4. The first-order valence-electron chi connectivity index (χ1n) is 6.12. The van der Waals surface area contributed by atoms with Crippen molar-refractivity contribution in [3.8, 4) is 0 Å². The predicted octanol–water partition coefficient (Wildman–Crippen LogP) is 4.68. The fourth-order valence-corrected chi connectivity index (χ4v) is 2.97. The normalized spacial score (nSPS) is 13.4. The lowest BCUT2D eigenvalue weighted by atomic mass is 10.0. The summed E-state index contributed by atoms with van der Waals surface area (Å²) in [5, 5.41) is 10.8. The first-order valence-corrected chi connectivity index (χ1v) is 7.95. The fourth-order valence-electron chi connectivity index (χ4n) is 1.87. The van der Waals surface area contributed by atoms with Gasteiger partial charge in [-0.3, -0.25) is 14.9 Å². The standard InChI is InChI=1S/C15H11Br2NO3/c16-13(11-7-4-8-12(9-11)18(20)21)14(17)15(19)10-5-2-1-3-6-10/h1-9,13-14H/t13-,14+/m1/s1. The van der Waals surface area contributed by atoms with Crippen molar-refractivity contribution < 1.29 is 9.72 Å². The van der Waals surface area contributed by atoms with Gasteiger partial charge in [0.1, 0.15) is 0 Å². The third-order valence-corrected chi connectivity index (χ3v) is 5.68. The van der Waals surface area contributed by atoms with Gasteiger partial charge in [-0.2, -0.15) is 0 Å². The van der Waals surface area contributed by atoms with Gasteiger partial charge in [-0.25, -0.2) is 0 Å². The van der Waals surface area contributed by atoms with E-state index in [1.165, 1.54) is 12.1 Å². The summed E-state index contributed by atoms with van der Waals surface area (Å²) in [7, 11) is 0. The largest absolute Gasteiger partial charge is 0.293 e. The zero-order chi connectivity index (χ0) is 15.4. The number of alkyl halides is 2. The van der Waals surface area contributed by atoms with Gasteiger partial charge in [0.15, 0.2) is 5.78 Å². The molecule has 0 aliphatic rings. The quantitative estimate of drug-likeness (QED) is 0.310. The molecule has 0 bridgehead atoms. The molecule has 0 aromatic heterocycles. The molecule has 0 saturated carbocycles. The molecule has 0 N–H and O–H groups in total. The van der Waals surface area contributed by atoms with Gasteiger partial charge in [-0.15, -0.1) is 0 Å². The van der Waals surface area contributed by atoms with E-state index in [0.29, 0.717) is 11.1 Å². The number of ketones is 1. The summed E-state index contributed by atoms with van der Waals surface area (Å²) in [5.41, 5.74) is 1.27. The minimum absolute atomic E-state index is 0.00353. The minimum Gasteiger partial charge on any atom is -0.293 e. The number of non-ortho nitro benzene ring substituents is 1. The van der Waals surface area contributed by atoms with E-state index in [1.54, 1.807) is 36.4 Å². The van der Waals surface area contributed by atoms with Crippen molar-refractivity contribution in [2.75, 3.05) is 0 Å². The third-order valence-electron chi connectivity index (χ3n) is 2.97. The topological polar surface area (TPSA) is 60.2 Å². The van der Waals surface area contributed by atoms with Gasteiger partial charge in [0, 0.05) is 17.7 Å². The van der Waals surface area contributed by atoms with Gasteiger partial charge >= 0.3 is 0 Å². The second kappa shape index (κ2) is 6.95. The fraction of sp³-hybridized carbons (Fsp3) is 0.133. The molecule has 0 spiro atoms. The summed E-state index contributed by atoms with van der Waals surface area (Å²) >= 11 is 6.82. The van der Waals surface area contributed by atoms with Gasteiger partial charge in [0.05, 0.1) is 14.6 Å². The predicted molar refractivity (Wildman–Crippen MR) is 88.3 cm³/mol. The van der Waals surface area contributed by atoms with E-state index in [4.69, 9.17) is 0 Å². The average Bonchev–Trinajstić information content (AvgIpc) is 2.53. The lowest BCUT2D eigenvalue weighted by Crippen LogP contribution is -2.19. The number of hydrogen-bond donors (Lipinski definition) is 0. The van der Waals surface area contributed by atoms with Crippen LogP contribution in [-0.2, 0) is 0 Å². The molecule has 0 fully saturated rings. The van der Waals surface area contributed by atoms with Gasteiger partial charge < -0.3 is 0 Å². The molecule has 21 heavy (non-hydrogen) atoms. The number of Topliss-reactive ketones (excluding diaryl/α,β-unsaturated/α-hetero) is 1. The molecule has 2 aromatic rings. The number of carbonyl (C=O) groups excluding carboxylic acids is 1. The Balaban J connectivity index is 2.23. The smallest absolute Gasteiger partial charge is 0.269 e. The number of nitro benzene ring substituents is 1. The van der Waals surface area contributed by atoms with Crippen LogP contribution < -0.4 is 0 Å². The molecule has 0 radical (unpaired) electrons. The van der Waals surface area contributed by atoms with Crippen molar-refractivity contribution in [3.63, 3.8) is 0 Å². The highest BCUT2D eigenvalue weighted by atomic mass is 79.9. The number of hydrogen-bond acceptors (Lipinski definition) is 3. The van der Waals surface area contributed by atoms with Crippen molar-refractivity contribution in [1.29, 1.82) is 0 Å². The van der Waals surface area contributed by atoms with Crippen LogP contribution in [0.25, 0.3) is 0 Å². The summed E-state index contributed by atoms with van der Waals surface area (Å²) in [6, 6.07) is 15.2. The van der Waals surface area contributed by atoms with Crippen molar-refractivity contribution in [3.05, 3.63) is 75.8 Å². The molecule has 6 heteroatoms. The van der Waals surface area contributed by atoms with Crippen LogP contribution in [0.15, 0.2) is 54.6 Å². The second-order valence-corrected chi connectivity index (χ2v) is 6.36. The molecule has 0 aliphatic heterocycles. The van der Waals surface area contributed by atoms with E-state index >= 15 is 0 Å². The molecule has 0 saturated heterocycles. The SMILES string of the molecule is O=C(c1ccccc1)[C@@H](Br)[C@H](Br)c1cccc([N+](=O)[O-])c1. The minimum atomic E-state index is -0.512. The van der Waals surface area contributed by atoms with Crippen molar-refractivity contribution in [2.24, 2.45) is 0 Å². The first kappa shape index (κ1) is 15.9. The van der Waals surface area contributed by atoms with Crippen LogP contribution in [0.5, 0.6) is 0 Å². The Morgan fingerprint density at radius 1 is 1.05 bits per heavy atom. The molecule has 108 valence electrons. The number of benzene rings is 2. The van der Waals surface area contributed by atoms with Crippen LogP contribution in [-0.4, -0.2) is 15.5 Å². The summed E-state index contributed by atoms with van der Waals surface area (Å²) in [5.74, 6) is -0.0796. The van der Waals surface area contributed by atoms with Crippen LogP contribution in [0.3, 0.4) is 0 Å². The summed E-state index contributed by atoms with van der Waals surface area (Å²) in [6.45, 7) is 0. The molecule has 0 amide bonds. The van der Waals surface area contributed by atoms with Crippen LogP contribution in [0.2, 0.25) is 0 Å². The second-order valence-electron chi connectivity index (χ2n) is 4.39. The molecule has 2 atom stereocenters. The van der Waals surface area contributed by atoms with Crippen LogP contribution in [0.1, 0.15) is 20.7 Å². The number of nitrogens with zero attached hydrogens (tertiary/aromatic N) is 1. The Kier molecular flexibility index (Phi) is 5.25. The maximum atomic E-state index is 12.4. The van der Waals surface area contributed by atoms with E-state index in [-0.39, 0.29) is 16.3 Å². The Labute approximate surface area is 138 Å².